The molecule has 21 heavy (non-hydrogen) atoms. The Balaban J connectivity index is 1.73. The molecule has 1 aromatic carbocycles. The largest absolute Gasteiger partial charge is 0.387 e. The molecule has 0 bridgehead atoms. The maximum Gasteiger partial charge on any atom is 0.0965 e. The number of aliphatic hydroxyl groups is 1. The van der Waals surface area contributed by atoms with Crippen LogP contribution in [-0.4, -0.2) is 10.1 Å². The highest BCUT2D eigenvalue weighted by Crippen LogP contribution is 2.42. The van der Waals surface area contributed by atoms with E-state index < -0.39 is 6.10 Å². The summed E-state index contributed by atoms with van der Waals surface area (Å²) in [6, 6.07) is 14.6. The summed E-state index contributed by atoms with van der Waals surface area (Å²) in [6.07, 6.45) is 4.62. The van der Waals surface area contributed by atoms with Crippen LogP contribution in [-0.2, 0) is 6.42 Å². The molecule has 106 valence electrons. The van der Waals surface area contributed by atoms with Gasteiger partial charge in [0.25, 0.3) is 0 Å². The van der Waals surface area contributed by atoms with Gasteiger partial charge in [0, 0.05) is 27.4 Å². The third-order valence-electron chi connectivity index (χ3n) is 4.36. The fraction of sp³-hybridized carbons (Fsp3) is 0.278. The van der Waals surface area contributed by atoms with Crippen molar-refractivity contribution in [1.82, 2.24) is 4.98 Å². The number of aryl methyl sites for hydroxylation is 1. The number of aliphatic hydroxyl groups excluding tert-OH is 1. The van der Waals surface area contributed by atoms with E-state index in [4.69, 9.17) is 0 Å². The van der Waals surface area contributed by atoms with Crippen LogP contribution in [0.3, 0.4) is 0 Å². The molecule has 2 aromatic heterocycles. The summed E-state index contributed by atoms with van der Waals surface area (Å²) in [5.74, 6) is 0.128. The minimum Gasteiger partial charge on any atom is -0.387 e. The van der Waals surface area contributed by atoms with Crippen molar-refractivity contribution in [3.8, 4) is 0 Å². The summed E-state index contributed by atoms with van der Waals surface area (Å²) in [4.78, 5) is 5.60. The topological polar surface area (TPSA) is 33.1 Å². The van der Waals surface area contributed by atoms with E-state index in [1.165, 1.54) is 15.6 Å². The summed E-state index contributed by atoms with van der Waals surface area (Å²) < 4.78 is 1.24. The molecule has 0 saturated carbocycles. The predicted molar refractivity (Wildman–Crippen MR) is 86.7 cm³/mol. The van der Waals surface area contributed by atoms with Crippen LogP contribution < -0.4 is 0 Å². The summed E-state index contributed by atoms with van der Waals surface area (Å²) in [5.41, 5.74) is 2.39. The van der Waals surface area contributed by atoms with Crippen molar-refractivity contribution in [2.45, 2.75) is 31.3 Å². The molecule has 0 aliphatic heterocycles. The van der Waals surface area contributed by atoms with Crippen LogP contribution in [0.15, 0.2) is 48.7 Å². The molecule has 2 heterocycles. The lowest BCUT2D eigenvalue weighted by molar-refractivity contribution is 0.137. The number of nitrogens with zero attached hydrogens (tertiary/aromatic N) is 1. The molecule has 0 radical (unpaired) electrons. The zero-order chi connectivity index (χ0) is 14.2. The predicted octanol–water partition coefficient (Wildman–Crippen LogP) is 4.45. The first-order valence-electron chi connectivity index (χ1n) is 7.43. The molecule has 0 saturated heterocycles. The second-order valence-corrected chi connectivity index (χ2v) is 6.79. The average molecular weight is 295 g/mol. The van der Waals surface area contributed by atoms with Crippen molar-refractivity contribution in [2.24, 2.45) is 0 Å². The van der Waals surface area contributed by atoms with Gasteiger partial charge in [-0.05, 0) is 48.4 Å². The zero-order valence-corrected chi connectivity index (χ0v) is 12.5. The maximum atomic E-state index is 10.9. The molecule has 1 aliphatic carbocycles. The molecule has 0 fully saturated rings. The average Bonchev–Trinajstić information content (AvgIpc) is 2.97. The van der Waals surface area contributed by atoms with Gasteiger partial charge in [0.05, 0.1) is 6.10 Å². The first-order valence-corrected chi connectivity index (χ1v) is 8.25. The van der Waals surface area contributed by atoms with E-state index in [0.29, 0.717) is 0 Å². The van der Waals surface area contributed by atoms with Crippen LogP contribution in [0.25, 0.3) is 10.1 Å². The van der Waals surface area contributed by atoms with E-state index in [9.17, 15) is 5.11 Å². The number of fused-ring (bicyclic) bond motifs is 2. The van der Waals surface area contributed by atoms with E-state index in [0.717, 1.165) is 29.8 Å². The fourth-order valence-corrected chi connectivity index (χ4v) is 4.42. The highest BCUT2D eigenvalue weighted by Gasteiger charge is 2.29. The van der Waals surface area contributed by atoms with Crippen LogP contribution in [0.5, 0.6) is 0 Å². The molecule has 2 nitrogen and oxygen atoms in total. The molecular weight excluding hydrogens is 278 g/mol. The van der Waals surface area contributed by atoms with Gasteiger partial charge in [-0.25, -0.2) is 0 Å². The Kier molecular flexibility index (Phi) is 3.24. The van der Waals surface area contributed by atoms with Gasteiger partial charge in [-0.2, -0.15) is 0 Å². The van der Waals surface area contributed by atoms with E-state index in [-0.39, 0.29) is 5.92 Å². The Bertz CT molecular complexity index is 746. The molecule has 2 unspecified atom stereocenters. The van der Waals surface area contributed by atoms with Crippen LogP contribution >= 0.6 is 11.3 Å². The van der Waals surface area contributed by atoms with Crippen molar-refractivity contribution in [3.05, 3.63) is 64.8 Å². The Morgan fingerprint density at radius 1 is 1.19 bits per heavy atom. The van der Waals surface area contributed by atoms with Crippen molar-refractivity contribution >= 4 is 21.4 Å². The number of rotatable bonds is 2. The zero-order valence-electron chi connectivity index (χ0n) is 11.7. The van der Waals surface area contributed by atoms with Crippen LogP contribution in [0, 0.1) is 0 Å². The molecule has 1 N–H and O–H groups in total. The molecule has 2 atom stereocenters. The lowest BCUT2D eigenvalue weighted by atomic mass is 9.82. The second-order valence-electron chi connectivity index (χ2n) is 5.68. The molecule has 3 heteroatoms. The Labute approximate surface area is 128 Å². The molecule has 0 amide bonds. The number of benzene rings is 1. The summed E-state index contributed by atoms with van der Waals surface area (Å²) in [7, 11) is 0. The minimum atomic E-state index is -0.448. The van der Waals surface area contributed by atoms with Gasteiger partial charge in [-0.15, -0.1) is 11.3 Å². The Morgan fingerprint density at radius 2 is 2.10 bits per heavy atom. The van der Waals surface area contributed by atoms with Crippen molar-refractivity contribution in [2.75, 3.05) is 0 Å². The van der Waals surface area contributed by atoms with Crippen molar-refractivity contribution in [3.63, 3.8) is 0 Å². The third-order valence-corrected chi connectivity index (χ3v) is 5.54. The van der Waals surface area contributed by atoms with Crippen molar-refractivity contribution < 1.29 is 5.11 Å². The van der Waals surface area contributed by atoms with Gasteiger partial charge in [0.1, 0.15) is 0 Å². The van der Waals surface area contributed by atoms with Gasteiger partial charge in [0.15, 0.2) is 0 Å². The Morgan fingerprint density at radius 3 is 3.00 bits per heavy atom. The number of hydrogen-bond acceptors (Lipinski definition) is 3. The molecule has 0 spiro atoms. The van der Waals surface area contributed by atoms with Crippen molar-refractivity contribution in [1.29, 1.82) is 0 Å². The van der Waals surface area contributed by atoms with Crippen LogP contribution in [0.2, 0.25) is 0 Å². The van der Waals surface area contributed by atoms with Gasteiger partial charge in [0.2, 0.25) is 0 Å². The van der Waals surface area contributed by atoms with E-state index in [2.05, 4.69) is 29.2 Å². The summed E-state index contributed by atoms with van der Waals surface area (Å²) in [5, 5.41) is 12.1. The summed E-state index contributed by atoms with van der Waals surface area (Å²) >= 11 is 1.70. The van der Waals surface area contributed by atoms with Crippen LogP contribution in [0.1, 0.15) is 41.0 Å². The smallest absolute Gasteiger partial charge is 0.0965 e. The van der Waals surface area contributed by atoms with E-state index in [1.54, 1.807) is 11.3 Å². The van der Waals surface area contributed by atoms with Gasteiger partial charge in [-0.1, -0.05) is 24.3 Å². The van der Waals surface area contributed by atoms with Crippen LogP contribution in [0.4, 0.5) is 0 Å². The molecular formula is C18H17NOS. The quantitative estimate of drug-likeness (QED) is 0.757. The van der Waals surface area contributed by atoms with Gasteiger partial charge in [-0.3, -0.25) is 4.98 Å². The first-order chi connectivity index (χ1) is 10.3. The number of aromatic nitrogens is 1. The minimum absolute atomic E-state index is 0.128. The summed E-state index contributed by atoms with van der Waals surface area (Å²) in [6.45, 7) is 0. The first kappa shape index (κ1) is 13.0. The molecule has 3 aromatic rings. The Hall–Kier alpha value is -1.71. The normalized spacial score (nSPS) is 19.4. The molecule has 4 rings (SSSR count). The number of thiophene rings is 1. The highest BCUT2D eigenvalue weighted by atomic mass is 32.1. The maximum absolute atomic E-state index is 10.9. The number of hydrogen-bond donors (Lipinski definition) is 1. The van der Waals surface area contributed by atoms with Gasteiger partial charge >= 0.3 is 0 Å². The van der Waals surface area contributed by atoms with Gasteiger partial charge < -0.3 is 5.11 Å². The monoisotopic (exact) mass is 295 g/mol. The lowest BCUT2D eigenvalue weighted by Gasteiger charge is -2.27. The SMILES string of the molecule is OC(c1cc2ccccc2s1)C1CCCc2cccnc21. The lowest BCUT2D eigenvalue weighted by Crippen LogP contribution is -2.17. The van der Waals surface area contributed by atoms with E-state index in [1.807, 2.05) is 24.4 Å². The number of pyridine rings is 1. The standard InChI is InChI=1S/C18H17NOS/c20-18(16-11-13-5-1-2-9-15(13)21-16)14-8-3-6-12-7-4-10-19-17(12)14/h1-2,4-5,7,9-11,14,18,20H,3,6,8H2. The second kappa shape index (κ2) is 5.24. The third kappa shape index (κ3) is 2.27. The highest BCUT2D eigenvalue weighted by molar-refractivity contribution is 7.19. The fourth-order valence-electron chi connectivity index (χ4n) is 3.30. The van der Waals surface area contributed by atoms with E-state index >= 15 is 0 Å². The molecule has 1 aliphatic rings.